The first kappa shape index (κ1) is 12.4. The fourth-order valence-corrected chi connectivity index (χ4v) is 2.95. The van der Waals surface area contributed by atoms with Crippen molar-refractivity contribution >= 4 is 0 Å². The Hall–Kier alpha value is -0.0400. The molecule has 0 unspecified atom stereocenters. The molecule has 1 heteroatoms. The first-order chi connectivity index (χ1) is 7.61. The average Bonchev–Trinajstić information content (AvgIpc) is 2.84. The van der Waals surface area contributed by atoms with E-state index in [4.69, 9.17) is 0 Å². The summed E-state index contributed by atoms with van der Waals surface area (Å²) in [5.74, 6) is 7.70. The van der Waals surface area contributed by atoms with Crippen molar-refractivity contribution in [1.29, 1.82) is 0 Å². The van der Waals surface area contributed by atoms with Crippen molar-refractivity contribution < 1.29 is 0 Å². The number of hydrogen-bond acceptors (Lipinski definition) is 1. The highest BCUT2D eigenvalue weighted by Crippen LogP contribution is 2.53. The van der Waals surface area contributed by atoms with Gasteiger partial charge in [-0.15, -0.1) is 0 Å². The summed E-state index contributed by atoms with van der Waals surface area (Å²) in [6.07, 6.45) is 4.04. The highest BCUT2D eigenvalue weighted by atomic mass is 15.1. The summed E-state index contributed by atoms with van der Waals surface area (Å²) in [6, 6.07) is 0. The van der Waals surface area contributed by atoms with Gasteiger partial charge in [-0.05, 0) is 68.5 Å². The van der Waals surface area contributed by atoms with E-state index < -0.39 is 0 Å². The van der Waals surface area contributed by atoms with Gasteiger partial charge in [-0.3, -0.25) is 0 Å². The highest BCUT2D eigenvalue weighted by molar-refractivity contribution is 5.58. The van der Waals surface area contributed by atoms with Crippen LogP contribution in [0.5, 0.6) is 0 Å². The zero-order chi connectivity index (χ0) is 11.7. The van der Waals surface area contributed by atoms with E-state index in [9.17, 15) is 0 Å². The summed E-state index contributed by atoms with van der Waals surface area (Å²) in [7, 11) is 0. The Bertz CT molecular complexity index is 205. The summed E-state index contributed by atoms with van der Waals surface area (Å²) in [5, 5.41) is 0. The number of hydrogen-bond donors (Lipinski definition) is 0. The Morgan fingerprint density at radius 3 is 1.81 bits per heavy atom. The Morgan fingerprint density at radius 1 is 0.812 bits per heavy atom. The van der Waals surface area contributed by atoms with Gasteiger partial charge in [0, 0.05) is 0 Å². The third kappa shape index (κ3) is 2.30. The molecule has 1 aliphatic carbocycles. The van der Waals surface area contributed by atoms with Gasteiger partial charge in [-0.25, -0.2) is 0 Å². The van der Waals surface area contributed by atoms with Crippen LogP contribution < -0.4 is 0 Å². The van der Waals surface area contributed by atoms with Crippen LogP contribution >= 0.6 is 0 Å². The van der Waals surface area contributed by atoms with Crippen LogP contribution in [0.4, 0.5) is 0 Å². The van der Waals surface area contributed by atoms with E-state index in [0.717, 1.165) is 0 Å². The lowest BCUT2D eigenvalue weighted by Gasteiger charge is -2.23. The third-order valence-corrected chi connectivity index (χ3v) is 4.47. The highest BCUT2D eigenvalue weighted by Gasteiger charge is 2.43. The van der Waals surface area contributed by atoms with E-state index in [1.54, 1.807) is 5.92 Å². The minimum Gasteiger partial charge on any atom is -0.303 e. The first-order valence-corrected chi connectivity index (χ1v) is 6.55. The smallest absolute Gasteiger partial charge is 0.00128 e. The van der Waals surface area contributed by atoms with E-state index in [1.165, 1.54) is 62.6 Å². The van der Waals surface area contributed by atoms with Crippen LogP contribution in [0.15, 0.2) is 0 Å². The van der Waals surface area contributed by atoms with Gasteiger partial charge >= 0.3 is 0 Å². The Labute approximate surface area is 102 Å². The van der Waals surface area contributed by atoms with E-state index in [-0.39, 0.29) is 0 Å². The molecule has 1 nitrogen and oxygen atoms in total. The molecule has 2 aliphatic rings. The van der Waals surface area contributed by atoms with Crippen LogP contribution in [0.3, 0.4) is 0 Å². The van der Waals surface area contributed by atoms with Crippen molar-refractivity contribution in [2.24, 2.45) is 0 Å². The second-order valence-corrected chi connectivity index (χ2v) is 5.28. The van der Waals surface area contributed by atoms with E-state index in [1.807, 2.05) is 0 Å². The van der Waals surface area contributed by atoms with E-state index >= 15 is 0 Å². The molecule has 16 heavy (non-hydrogen) atoms. The molecular formula is C15H24N. The third-order valence-electron chi connectivity index (χ3n) is 4.47. The predicted octanol–water partition coefficient (Wildman–Crippen LogP) is 3.44. The van der Waals surface area contributed by atoms with Crippen LogP contribution in [0.25, 0.3) is 0 Å². The summed E-state index contributed by atoms with van der Waals surface area (Å²) < 4.78 is 0. The number of rotatable bonds is 3. The number of nitrogens with zero attached hydrogens (tertiary/aromatic N) is 1. The Kier molecular flexibility index (Phi) is 3.94. The van der Waals surface area contributed by atoms with E-state index in [0.29, 0.717) is 0 Å². The van der Waals surface area contributed by atoms with Crippen molar-refractivity contribution in [2.45, 2.75) is 47.0 Å². The van der Waals surface area contributed by atoms with Crippen molar-refractivity contribution in [3.63, 3.8) is 0 Å². The molecule has 1 saturated carbocycles. The summed E-state index contributed by atoms with van der Waals surface area (Å²) in [5.41, 5.74) is 0. The molecule has 0 N–H and O–H groups in total. The van der Waals surface area contributed by atoms with E-state index in [2.05, 4.69) is 32.6 Å². The fourth-order valence-electron chi connectivity index (χ4n) is 2.95. The van der Waals surface area contributed by atoms with Gasteiger partial charge in [0.15, 0.2) is 0 Å². The molecule has 0 spiro atoms. The molecule has 1 heterocycles. The van der Waals surface area contributed by atoms with Crippen molar-refractivity contribution in [3.8, 4) is 0 Å². The number of likely N-dealkylation sites (tertiary alicyclic amines) is 1. The van der Waals surface area contributed by atoms with Crippen molar-refractivity contribution in [3.05, 3.63) is 29.6 Å². The largest absolute Gasteiger partial charge is 0.303 e. The minimum atomic E-state index is 1.24. The van der Waals surface area contributed by atoms with Crippen LogP contribution in [0.1, 0.15) is 47.0 Å². The predicted molar refractivity (Wildman–Crippen MR) is 69.2 cm³/mol. The molecule has 0 aromatic heterocycles. The molecule has 2 rings (SSSR count). The van der Waals surface area contributed by atoms with Crippen molar-refractivity contribution in [2.75, 3.05) is 19.6 Å². The van der Waals surface area contributed by atoms with Gasteiger partial charge in [0.2, 0.25) is 0 Å². The normalized spacial score (nSPS) is 28.5. The monoisotopic (exact) mass is 218 g/mol. The standard InChI is InChI=1S/C15H24N/c1-11-12(2)14(4)15(13(11)3)7-10-16-8-5-6-9-16/h5-10H2,1-4H3. The van der Waals surface area contributed by atoms with Gasteiger partial charge in [-0.1, -0.05) is 27.7 Å². The lowest BCUT2D eigenvalue weighted by molar-refractivity contribution is 0.337. The zero-order valence-electron chi connectivity index (χ0n) is 11.2. The van der Waals surface area contributed by atoms with Gasteiger partial charge < -0.3 is 4.90 Å². The van der Waals surface area contributed by atoms with Gasteiger partial charge in [0.25, 0.3) is 0 Å². The summed E-state index contributed by atoms with van der Waals surface area (Å²) in [6.45, 7) is 13.0. The molecule has 0 aromatic carbocycles. The van der Waals surface area contributed by atoms with Gasteiger partial charge in [-0.2, -0.15) is 0 Å². The van der Waals surface area contributed by atoms with Crippen molar-refractivity contribution in [1.82, 2.24) is 4.90 Å². The maximum Gasteiger partial charge on any atom is -0.00128 e. The van der Waals surface area contributed by atoms with Crippen LogP contribution in [-0.2, 0) is 0 Å². The topological polar surface area (TPSA) is 3.24 Å². The Balaban J connectivity index is 1.84. The van der Waals surface area contributed by atoms with Crippen LogP contribution in [0, 0.1) is 29.6 Å². The SMILES string of the molecule is C[C]1[C](C)[C](C)[C](CCN2CCCC2)[C]1C. The Morgan fingerprint density at radius 2 is 1.31 bits per heavy atom. The molecule has 5 radical (unpaired) electrons. The molecule has 1 aliphatic heterocycles. The maximum atomic E-state index is 2.61. The fraction of sp³-hybridized carbons (Fsp3) is 0.667. The first-order valence-electron chi connectivity index (χ1n) is 6.55. The van der Waals surface area contributed by atoms with Gasteiger partial charge in [0.05, 0.1) is 0 Å². The second kappa shape index (κ2) is 5.08. The molecule has 0 amide bonds. The zero-order valence-corrected chi connectivity index (χ0v) is 11.2. The molecule has 89 valence electrons. The lowest BCUT2D eigenvalue weighted by atomic mass is 9.86. The maximum absolute atomic E-state index is 2.61. The molecule has 1 saturated heterocycles. The minimum absolute atomic E-state index is 1.24. The molecular weight excluding hydrogens is 194 g/mol. The molecule has 2 fully saturated rings. The van der Waals surface area contributed by atoms with Crippen LogP contribution in [0.2, 0.25) is 0 Å². The summed E-state index contributed by atoms with van der Waals surface area (Å²) in [4.78, 5) is 2.61. The van der Waals surface area contributed by atoms with Gasteiger partial charge in [0.1, 0.15) is 0 Å². The van der Waals surface area contributed by atoms with Crippen LogP contribution in [-0.4, -0.2) is 24.5 Å². The lowest BCUT2D eigenvalue weighted by Crippen LogP contribution is -2.23. The quantitative estimate of drug-likeness (QED) is 0.701. The average molecular weight is 218 g/mol. The summed E-state index contributed by atoms with van der Waals surface area (Å²) >= 11 is 0. The molecule has 0 bridgehead atoms. The molecule has 0 atom stereocenters. The molecule has 0 aromatic rings. The second-order valence-electron chi connectivity index (χ2n) is 5.28.